The topological polar surface area (TPSA) is 122 Å². The van der Waals surface area contributed by atoms with Crippen molar-refractivity contribution in [2.75, 3.05) is 6.61 Å². The highest BCUT2D eigenvalue weighted by molar-refractivity contribution is 7.91. The van der Waals surface area contributed by atoms with Gasteiger partial charge >= 0.3 is 5.97 Å². The summed E-state index contributed by atoms with van der Waals surface area (Å²) in [5.41, 5.74) is -0.420. The Balaban J connectivity index is 2.62. The zero-order chi connectivity index (χ0) is 19.3. The van der Waals surface area contributed by atoms with Gasteiger partial charge in [0.25, 0.3) is 10.0 Å². The molecule has 0 fully saturated rings. The highest BCUT2D eigenvalue weighted by atomic mass is 32.2. The summed E-state index contributed by atoms with van der Waals surface area (Å²) in [7, 11) is -3.82. The van der Waals surface area contributed by atoms with Crippen molar-refractivity contribution in [3.8, 4) is 0 Å². The maximum absolute atomic E-state index is 12.1. The molecule has 1 aromatic rings. The van der Waals surface area contributed by atoms with E-state index in [-0.39, 0.29) is 17.2 Å². The molecule has 0 saturated heterocycles. The largest absolute Gasteiger partial charge is 0.480 e. The molecule has 1 heterocycles. The Bertz CT molecular complexity index is 679. The molecule has 1 rings (SSSR count). The minimum absolute atomic E-state index is 0.0722. The predicted molar refractivity (Wildman–Crippen MR) is 94.0 cm³/mol. The van der Waals surface area contributed by atoms with Crippen molar-refractivity contribution in [3.05, 3.63) is 17.5 Å². The van der Waals surface area contributed by atoms with Gasteiger partial charge in [-0.2, -0.15) is 4.72 Å². The van der Waals surface area contributed by atoms with Crippen LogP contribution in [0.2, 0.25) is 0 Å². The molecular weight excluding hydrogens is 368 g/mol. The molecule has 1 aromatic heterocycles. The molecule has 25 heavy (non-hydrogen) atoms. The lowest BCUT2D eigenvalue weighted by Crippen LogP contribution is -2.50. The number of carbonyl (C=O) groups is 2. The monoisotopic (exact) mass is 392 g/mol. The van der Waals surface area contributed by atoms with E-state index < -0.39 is 39.6 Å². The lowest BCUT2D eigenvalue weighted by molar-refractivity contribution is -0.143. The number of carbonyl (C=O) groups excluding carboxylic acids is 1. The molecule has 0 aliphatic heterocycles. The van der Waals surface area contributed by atoms with Crippen LogP contribution in [0.1, 0.15) is 34.1 Å². The van der Waals surface area contributed by atoms with Crippen LogP contribution < -0.4 is 10.0 Å². The van der Waals surface area contributed by atoms with Crippen LogP contribution in [0, 0.1) is 0 Å². The first-order valence-corrected chi connectivity index (χ1v) is 10.0. The van der Waals surface area contributed by atoms with Crippen molar-refractivity contribution >= 4 is 33.2 Å². The number of carboxylic acid groups (broad SMARTS) is 1. The average molecular weight is 392 g/mol. The number of sulfonamides is 1. The number of thiophene rings is 1. The molecular formula is C15H24N2O6S2. The molecule has 10 heteroatoms. The van der Waals surface area contributed by atoms with Crippen LogP contribution in [0.4, 0.5) is 0 Å². The number of amides is 1. The molecule has 0 aliphatic carbocycles. The minimum atomic E-state index is -3.82. The van der Waals surface area contributed by atoms with Gasteiger partial charge in [-0.15, -0.1) is 11.3 Å². The molecule has 8 nitrogen and oxygen atoms in total. The van der Waals surface area contributed by atoms with Crippen molar-refractivity contribution in [2.45, 2.75) is 56.0 Å². The molecule has 0 aromatic carbocycles. The van der Waals surface area contributed by atoms with E-state index in [1.54, 1.807) is 11.4 Å². The number of nitrogens with one attached hydrogen (secondary N) is 2. The molecule has 0 aliphatic rings. The second kappa shape index (κ2) is 8.75. The summed E-state index contributed by atoms with van der Waals surface area (Å²) in [5.74, 6) is -1.93. The number of rotatable bonds is 9. The second-order valence-corrected chi connectivity index (χ2v) is 9.31. The number of hydrogen-bond donors (Lipinski definition) is 3. The van der Waals surface area contributed by atoms with E-state index in [0.29, 0.717) is 0 Å². The molecule has 3 N–H and O–H groups in total. The molecule has 0 spiro atoms. The number of ether oxygens (including phenoxy) is 1. The van der Waals surface area contributed by atoms with Gasteiger partial charge in [0, 0.05) is 13.0 Å². The van der Waals surface area contributed by atoms with Gasteiger partial charge < -0.3 is 15.2 Å². The van der Waals surface area contributed by atoms with Gasteiger partial charge in [-0.25, -0.2) is 13.2 Å². The van der Waals surface area contributed by atoms with Crippen molar-refractivity contribution < 1.29 is 27.9 Å². The Kier molecular flexibility index (Phi) is 7.54. The molecule has 0 bridgehead atoms. The van der Waals surface area contributed by atoms with Gasteiger partial charge in [-0.3, -0.25) is 4.79 Å². The van der Waals surface area contributed by atoms with Crippen LogP contribution >= 0.6 is 11.3 Å². The standard InChI is InChI=1S/C15H24N2O6S2/c1-10(17-25(21,22)12-6-5-9-24-12)13(18)16-11(14(19)20)7-8-23-15(2,3)4/h5-6,9-11,17H,7-8H2,1-4H3,(H,16,18)(H,19,20). The van der Waals surface area contributed by atoms with Gasteiger partial charge in [0.1, 0.15) is 10.3 Å². The Hall–Kier alpha value is -1.49. The van der Waals surface area contributed by atoms with E-state index in [4.69, 9.17) is 4.74 Å². The predicted octanol–water partition coefficient (Wildman–Crippen LogP) is 1.19. The summed E-state index contributed by atoms with van der Waals surface area (Å²) in [6.45, 7) is 7.01. The van der Waals surface area contributed by atoms with E-state index in [1.165, 1.54) is 13.0 Å². The summed E-state index contributed by atoms with van der Waals surface area (Å²) < 4.78 is 32.0. The van der Waals surface area contributed by atoms with Crippen molar-refractivity contribution in [2.24, 2.45) is 0 Å². The van der Waals surface area contributed by atoms with Crippen LogP contribution in [0.15, 0.2) is 21.7 Å². The molecule has 2 unspecified atom stereocenters. The van der Waals surface area contributed by atoms with Gasteiger partial charge in [0.15, 0.2) is 0 Å². The van der Waals surface area contributed by atoms with Crippen molar-refractivity contribution in [3.63, 3.8) is 0 Å². The average Bonchev–Trinajstić information content (AvgIpc) is 2.99. The summed E-state index contributed by atoms with van der Waals surface area (Å²) >= 11 is 1.02. The summed E-state index contributed by atoms with van der Waals surface area (Å²) in [6, 6.07) is 0.724. The second-order valence-electron chi connectivity index (χ2n) is 6.42. The molecule has 2 atom stereocenters. The van der Waals surface area contributed by atoms with E-state index in [2.05, 4.69) is 10.0 Å². The summed E-state index contributed by atoms with van der Waals surface area (Å²) in [4.78, 5) is 23.4. The van der Waals surface area contributed by atoms with Gasteiger partial charge in [0.05, 0.1) is 11.6 Å². The SMILES string of the molecule is CC(NS(=O)(=O)c1cccs1)C(=O)NC(CCOC(C)(C)C)C(=O)O. The van der Waals surface area contributed by atoms with E-state index in [1.807, 2.05) is 20.8 Å². The van der Waals surface area contributed by atoms with Crippen molar-refractivity contribution in [1.29, 1.82) is 0 Å². The van der Waals surface area contributed by atoms with E-state index >= 15 is 0 Å². The summed E-state index contributed by atoms with van der Waals surface area (Å²) in [6.07, 6.45) is 0.0722. The third kappa shape index (κ3) is 7.51. The van der Waals surface area contributed by atoms with Gasteiger partial charge in [-0.05, 0) is 39.1 Å². The highest BCUT2D eigenvalue weighted by Crippen LogP contribution is 2.15. The first kappa shape index (κ1) is 21.6. The molecule has 0 saturated carbocycles. The van der Waals surface area contributed by atoms with Crippen LogP contribution in [0.25, 0.3) is 0 Å². The molecule has 142 valence electrons. The maximum Gasteiger partial charge on any atom is 0.326 e. The third-order valence-corrected chi connectivity index (χ3v) is 5.98. The lowest BCUT2D eigenvalue weighted by Gasteiger charge is -2.22. The number of carboxylic acids is 1. The van der Waals surface area contributed by atoms with E-state index in [0.717, 1.165) is 11.3 Å². The quantitative estimate of drug-likeness (QED) is 0.580. The number of hydrogen-bond acceptors (Lipinski definition) is 6. The smallest absolute Gasteiger partial charge is 0.326 e. The zero-order valence-corrected chi connectivity index (χ0v) is 16.2. The lowest BCUT2D eigenvalue weighted by atomic mass is 10.1. The first-order chi connectivity index (χ1) is 11.4. The van der Waals surface area contributed by atoms with Gasteiger partial charge in [-0.1, -0.05) is 6.07 Å². The zero-order valence-electron chi connectivity index (χ0n) is 14.6. The fourth-order valence-electron chi connectivity index (χ4n) is 1.80. The fraction of sp³-hybridized carbons (Fsp3) is 0.600. The summed E-state index contributed by atoms with van der Waals surface area (Å²) in [5, 5.41) is 13.1. The maximum atomic E-state index is 12.1. The van der Waals surface area contributed by atoms with Crippen LogP contribution in [0.5, 0.6) is 0 Å². The normalized spacial score (nSPS) is 14.7. The number of aliphatic carboxylic acids is 1. The minimum Gasteiger partial charge on any atom is -0.480 e. The Morgan fingerprint density at radius 2 is 2.00 bits per heavy atom. The third-order valence-electron chi connectivity index (χ3n) is 3.04. The Morgan fingerprint density at radius 3 is 2.48 bits per heavy atom. The van der Waals surface area contributed by atoms with Crippen molar-refractivity contribution in [1.82, 2.24) is 10.0 Å². The molecule has 0 radical (unpaired) electrons. The van der Waals surface area contributed by atoms with E-state index in [9.17, 15) is 23.1 Å². The highest BCUT2D eigenvalue weighted by Gasteiger charge is 2.27. The van der Waals surface area contributed by atoms with Crippen LogP contribution in [-0.2, 0) is 24.3 Å². The van der Waals surface area contributed by atoms with Crippen LogP contribution in [0.3, 0.4) is 0 Å². The first-order valence-electron chi connectivity index (χ1n) is 7.65. The van der Waals surface area contributed by atoms with Crippen LogP contribution in [-0.4, -0.2) is 49.7 Å². The molecule has 1 amide bonds. The fourth-order valence-corrected chi connectivity index (χ4v) is 4.01. The Morgan fingerprint density at radius 1 is 1.36 bits per heavy atom. The Labute approximate surface area is 151 Å². The van der Waals surface area contributed by atoms with Gasteiger partial charge in [0.2, 0.25) is 5.91 Å².